The molecule has 0 aromatic carbocycles. The number of nitrogens with zero attached hydrogens (tertiary/aromatic N) is 1. The predicted molar refractivity (Wildman–Crippen MR) is 44.3 cm³/mol. The van der Waals surface area contributed by atoms with E-state index in [2.05, 4.69) is 9.89 Å². The van der Waals surface area contributed by atoms with Gasteiger partial charge in [-0.15, -0.1) is 0 Å². The molecule has 1 aliphatic rings. The molecule has 1 fully saturated rings. The van der Waals surface area contributed by atoms with E-state index in [1.807, 2.05) is 0 Å². The average Bonchev–Trinajstić information content (AvgIpc) is 2.81. The van der Waals surface area contributed by atoms with Gasteiger partial charge in [0.05, 0.1) is 7.11 Å². The molecule has 0 spiro atoms. The summed E-state index contributed by atoms with van der Waals surface area (Å²) < 4.78 is 9.50. The Balaban J connectivity index is 2.03. The van der Waals surface area contributed by atoms with Crippen molar-refractivity contribution in [2.75, 3.05) is 7.11 Å². The molecule has 0 saturated heterocycles. The van der Waals surface area contributed by atoms with Gasteiger partial charge in [-0.3, -0.25) is 0 Å². The van der Waals surface area contributed by atoms with Crippen LogP contribution in [0.5, 0.6) is 0 Å². The lowest BCUT2D eigenvalue weighted by molar-refractivity contribution is 0.0589. The monoisotopic (exact) mass is 181 g/mol. The highest BCUT2D eigenvalue weighted by molar-refractivity contribution is 5.86. The zero-order chi connectivity index (χ0) is 9.26. The zero-order valence-electron chi connectivity index (χ0n) is 7.45. The van der Waals surface area contributed by atoms with Gasteiger partial charge in [0.1, 0.15) is 5.76 Å². The first-order valence-corrected chi connectivity index (χ1v) is 4.33. The van der Waals surface area contributed by atoms with Gasteiger partial charge < -0.3 is 9.26 Å². The summed E-state index contributed by atoms with van der Waals surface area (Å²) in [5.41, 5.74) is 0.262. The van der Waals surface area contributed by atoms with Crippen molar-refractivity contribution in [3.05, 3.63) is 17.5 Å². The second-order valence-electron chi connectivity index (χ2n) is 3.32. The molecule has 1 saturated carbocycles. The van der Waals surface area contributed by atoms with Gasteiger partial charge in [-0.1, -0.05) is 5.16 Å². The standard InChI is InChI=1S/C9H11NO3/c1-12-9(11)8-5-7(13-10-8)4-6-2-3-6/h5-6H,2-4H2,1H3. The Morgan fingerprint density at radius 3 is 3.15 bits per heavy atom. The first-order valence-electron chi connectivity index (χ1n) is 4.33. The Morgan fingerprint density at radius 1 is 1.77 bits per heavy atom. The Morgan fingerprint density at radius 2 is 2.54 bits per heavy atom. The fourth-order valence-corrected chi connectivity index (χ4v) is 1.22. The van der Waals surface area contributed by atoms with Crippen LogP contribution in [0, 0.1) is 5.92 Å². The van der Waals surface area contributed by atoms with E-state index in [0.717, 1.165) is 18.1 Å². The van der Waals surface area contributed by atoms with E-state index in [1.54, 1.807) is 6.07 Å². The minimum atomic E-state index is -0.439. The van der Waals surface area contributed by atoms with Crippen LogP contribution in [0.3, 0.4) is 0 Å². The van der Waals surface area contributed by atoms with Crippen LogP contribution in [0.25, 0.3) is 0 Å². The number of rotatable bonds is 3. The second kappa shape index (κ2) is 3.20. The van der Waals surface area contributed by atoms with E-state index in [9.17, 15) is 4.79 Å². The van der Waals surface area contributed by atoms with Crippen LogP contribution in [0.15, 0.2) is 10.6 Å². The molecule has 1 aliphatic carbocycles. The number of aromatic nitrogens is 1. The molecule has 4 heteroatoms. The first kappa shape index (κ1) is 8.29. The highest BCUT2D eigenvalue weighted by Gasteiger charge is 2.24. The minimum Gasteiger partial charge on any atom is -0.464 e. The van der Waals surface area contributed by atoms with Crippen molar-refractivity contribution in [2.24, 2.45) is 5.92 Å². The minimum absolute atomic E-state index is 0.262. The lowest BCUT2D eigenvalue weighted by atomic mass is 10.2. The van der Waals surface area contributed by atoms with E-state index in [-0.39, 0.29) is 5.69 Å². The van der Waals surface area contributed by atoms with Gasteiger partial charge in [0.2, 0.25) is 0 Å². The normalized spacial score (nSPS) is 15.8. The Kier molecular flexibility index (Phi) is 2.04. The molecule has 0 atom stereocenters. The third-order valence-corrected chi connectivity index (χ3v) is 2.14. The highest BCUT2D eigenvalue weighted by Crippen LogP contribution is 2.32. The van der Waals surface area contributed by atoms with Gasteiger partial charge in [0, 0.05) is 12.5 Å². The molecule has 1 aromatic heterocycles. The van der Waals surface area contributed by atoms with Crippen molar-refractivity contribution in [3.8, 4) is 0 Å². The maximum Gasteiger partial charge on any atom is 0.360 e. The second-order valence-corrected chi connectivity index (χ2v) is 3.32. The summed E-state index contributed by atoms with van der Waals surface area (Å²) in [4.78, 5) is 11.0. The molecule has 0 N–H and O–H groups in total. The zero-order valence-corrected chi connectivity index (χ0v) is 7.45. The molecule has 13 heavy (non-hydrogen) atoms. The van der Waals surface area contributed by atoms with Crippen molar-refractivity contribution >= 4 is 5.97 Å². The van der Waals surface area contributed by atoms with E-state index in [1.165, 1.54) is 20.0 Å². The van der Waals surface area contributed by atoms with Crippen LogP contribution < -0.4 is 0 Å². The SMILES string of the molecule is COC(=O)c1cc(CC2CC2)on1. The molecule has 4 nitrogen and oxygen atoms in total. The van der Waals surface area contributed by atoms with Crippen LogP contribution >= 0.6 is 0 Å². The van der Waals surface area contributed by atoms with Crippen molar-refractivity contribution in [3.63, 3.8) is 0 Å². The van der Waals surface area contributed by atoms with E-state index < -0.39 is 5.97 Å². The summed E-state index contributed by atoms with van der Waals surface area (Å²) >= 11 is 0. The van der Waals surface area contributed by atoms with Crippen LogP contribution in [0.1, 0.15) is 29.1 Å². The average molecular weight is 181 g/mol. The van der Waals surface area contributed by atoms with Gasteiger partial charge in [-0.25, -0.2) is 4.79 Å². The van der Waals surface area contributed by atoms with Gasteiger partial charge in [0.15, 0.2) is 5.69 Å². The van der Waals surface area contributed by atoms with Gasteiger partial charge in [0.25, 0.3) is 0 Å². The molecule has 0 unspecified atom stereocenters. The lowest BCUT2D eigenvalue weighted by Gasteiger charge is -1.89. The molecule has 70 valence electrons. The molecule has 0 bridgehead atoms. The number of hydrogen-bond donors (Lipinski definition) is 0. The summed E-state index contributed by atoms with van der Waals surface area (Å²) in [5, 5.41) is 3.62. The van der Waals surface area contributed by atoms with Crippen LogP contribution in [-0.2, 0) is 11.2 Å². The molecule has 2 rings (SSSR count). The number of esters is 1. The number of carbonyl (C=O) groups excluding carboxylic acids is 1. The van der Waals surface area contributed by atoms with Gasteiger partial charge in [-0.05, 0) is 18.8 Å². The fourth-order valence-electron chi connectivity index (χ4n) is 1.22. The Hall–Kier alpha value is -1.32. The van der Waals surface area contributed by atoms with Gasteiger partial charge in [-0.2, -0.15) is 0 Å². The summed E-state index contributed by atoms with van der Waals surface area (Å²) in [7, 11) is 1.33. The first-order chi connectivity index (χ1) is 6.29. The highest BCUT2D eigenvalue weighted by atomic mass is 16.5. The smallest absolute Gasteiger partial charge is 0.360 e. The third-order valence-electron chi connectivity index (χ3n) is 2.14. The molecule has 0 radical (unpaired) electrons. The Bertz CT molecular complexity index is 314. The largest absolute Gasteiger partial charge is 0.464 e. The quantitative estimate of drug-likeness (QED) is 0.661. The molecular formula is C9H11NO3. The van der Waals surface area contributed by atoms with E-state index in [4.69, 9.17) is 4.52 Å². The number of ether oxygens (including phenoxy) is 1. The fraction of sp³-hybridized carbons (Fsp3) is 0.556. The summed E-state index contributed by atoms with van der Waals surface area (Å²) in [6.07, 6.45) is 3.41. The van der Waals surface area contributed by atoms with Crippen molar-refractivity contribution in [1.82, 2.24) is 5.16 Å². The summed E-state index contributed by atoms with van der Waals surface area (Å²) in [5.74, 6) is 1.08. The molecule has 1 heterocycles. The van der Waals surface area contributed by atoms with Crippen molar-refractivity contribution in [2.45, 2.75) is 19.3 Å². The van der Waals surface area contributed by atoms with Crippen molar-refractivity contribution in [1.29, 1.82) is 0 Å². The maximum absolute atomic E-state index is 11.0. The topological polar surface area (TPSA) is 52.3 Å². The molecule has 0 aliphatic heterocycles. The molecule has 1 aromatic rings. The van der Waals surface area contributed by atoms with Crippen LogP contribution in [0.2, 0.25) is 0 Å². The summed E-state index contributed by atoms with van der Waals surface area (Å²) in [6, 6.07) is 1.66. The third kappa shape index (κ3) is 1.88. The summed E-state index contributed by atoms with van der Waals surface area (Å²) in [6.45, 7) is 0. The van der Waals surface area contributed by atoms with Crippen molar-refractivity contribution < 1.29 is 14.1 Å². The number of hydrogen-bond acceptors (Lipinski definition) is 4. The Labute approximate surface area is 75.9 Å². The molecule has 0 amide bonds. The van der Waals surface area contributed by atoms with E-state index >= 15 is 0 Å². The van der Waals surface area contributed by atoms with Crippen LogP contribution in [-0.4, -0.2) is 18.2 Å². The lowest BCUT2D eigenvalue weighted by Crippen LogP contribution is -2.00. The molecular weight excluding hydrogens is 170 g/mol. The predicted octanol–water partition coefficient (Wildman–Crippen LogP) is 1.41. The number of methoxy groups -OCH3 is 1. The van der Waals surface area contributed by atoms with Gasteiger partial charge >= 0.3 is 5.97 Å². The number of carbonyl (C=O) groups is 1. The van der Waals surface area contributed by atoms with E-state index in [0.29, 0.717) is 0 Å². The maximum atomic E-state index is 11.0. The van der Waals surface area contributed by atoms with Crippen LogP contribution in [0.4, 0.5) is 0 Å².